The van der Waals surface area contributed by atoms with Crippen molar-refractivity contribution in [2.24, 2.45) is 0 Å². The minimum Gasteiger partial charge on any atom is -0.456 e. The van der Waals surface area contributed by atoms with Crippen molar-refractivity contribution < 1.29 is 4.42 Å². The van der Waals surface area contributed by atoms with E-state index in [9.17, 15) is 0 Å². The van der Waals surface area contributed by atoms with E-state index < -0.39 is 5.41 Å². The summed E-state index contributed by atoms with van der Waals surface area (Å²) in [6, 6.07) is 68.3. The van der Waals surface area contributed by atoms with Crippen LogP contribution in [0.5, 0.6) is 0 Å². The van der Waals surface area contributed by atoms with Crippen LogP contribution < -0.4 is 0 Å². The molecule has 0 fully saturated rings. The first-order chi connectivity index (χ1) is 29.8. The molecule has 2 aliphatic rings. The lowest BCUT2D eigenvalue weighted by molar-refractivity contribution is 0.669. The maximum Gasteiger partial charge on any atom is 0.164 e. The van der Waals surface area contributed by atoms with E-state index in [0.717, 1.165) is 61.0 Å². The van der Waals surface area contributed by atoms with Crippen LogP contribution in [0.3, 0.4) is 0 Å². The molecule has 1 spiro atoms. The minimum atomic E-state index is -0.478. The Morgan fingerprint density at radius 1 is 0.317 bits per heavy atom. The fourth-order valence-corrected chi connectivity index (χ4v) is 10.1. The Labute approximate surface area is 345 Å². The van der Waals surface area contributed by atoms with Crippen LogP contribution >= 0.6 is 0 Å². The molecule has 278 valence electrons. The van der Waals surface area contributed by atoms with Gasteiger partial charge in [0.2, 0.25) is 0 Å². The van der Waals surface area contributed by atoms with Gasteiger partial charge in [-0.2, -0.15) is 0 Å². The monoisotopic (exact) mass is 764 g/mol. The highest BCUT2D eigenvalue weighted by Gasteiger charge is 2.53. The van der Waals surface area contributed by atoms with Crippen LogP contribution in [-0.2, 0) is 5.41 Å². The van der Waals surface area contributed by atoms with Gasteiger partial charge in [-0.15, -0.1) is 0 Å². The number of fused-ring (bicyclic) bond motifs is 15. The van der Waals surface area contributed by atoms with Crippen LogP contribution in [0.2, 0.25) is 0 Å². The molecule has 11 aromatic rings. The second kappa shape index (κ2) is 12.5. The summed E-state index contributed by atoms with van der Waals surface area (Å²) in [7, 11) is 0. The predicted octanol–water partition coefficient (Wildman–Crippen LogP) is 13.3. The van der Waals surface area contributed by atoms with Gasteiger partial charge in [-0.25, -0.2) is 19.9 Å². The van der Waals surface area contributed by atoms with Gasteiger partial charge in [0, 0.05) is 49.5 Å². The Morgan fingerprint density at radius 3 is 1.53 bits per heavy atom. The van der Waals surface area contributed by atoms with Crippen LogP contribution in [0.1, 0.15) is 22.3 Å². The first-order valence-corrected chi connectivity index (χ1v) is 20.3. The number of aromatic nitrogens is 4. The van der Waals surface area contributed by atoms with Gasteiger partial charge < -0.3 is 4.42 Å². The molecule has 3 heterocycles. The van der Waals surface area contributed by atoms with Gasteiger partial charge in [0.15, 0.2) is 17.5 Å². The minimum absolute atomic E-state index is 0.478. The normalized spacial score (nSPS) is 13.1. The van der Waals surface area contributed by atoms with Crippen molar-refractivity contribution in [3.8, 4) is 67.8 Å². The van der Waals surface area contributed by atoms with Crippen molar-refractivity contribution >= 4 is 32.7 Å². The third-order valence-corrected chi connectivity index (χ3v) is 12.6. The zero-order valence-corrected chi connectivity index (χ0v) is 32.2. The molecule has 0 unspecified atom stereocenters. The number of hydrogen-bond acceptors (Lipinski definition) is 5. The van der Waals surface area contributed by atoms with Gasteiger partial charge >= 0.3 is 0 Å². The Kier molecular flexibility index (Phi) is 6.87. The van der Waals surface area contributed by atoms with E-state index in [1.54, 1.807) is 0 Å². The van der Waals surface area contributed by atoms with Crippen LogP contribution in [0.15, 0.2) is 199 Å². The van der Waals surface area contributed by atoms with Crippen LogP contribution in [0.4, 0.5) is 0 Å². The van der Waals surface area contributed by atoms with E-state index in [1.807, 2.05) is 60.7 Å². The molecule has 0 bridgehead atoms. The van der Waals surface area contributed by atoms with Crippen molar-refractivity contribution in [2.45, 2.75) is 5.41 Å². The highest BCUT2D eigenvalue weighted by atomic mass is 16.3. The molecule has 5 heteroatoms. The molecular formula is C55H32N4O. The summed E-state index contributed by atoms with van der Waals surface area (Å²) >= 11 is 0. The number of furan rings is 1. The maximum atomic E-state index is 6.26. The van der Waals surface area contributed by atoms with Gasteiger partial charge in [-0.05, 0) is 45.3 Å². The summed E-state index contributed by atoms with van der Waals surface area (Å²) in [6.45, 7) is 0. The van der Waals surface area contributed by atoms with Gasteiger partial charge in [0.1, 0.15) is 11.2 Å². The number of nitrogens with zero attached hydrogens (tertiary/aromatic N) is 4. The van der Waals surface area contributed by atoms with Gasteiger partial charge in [-0.3, -0.25) is 0 Å². The molecule has 0 radical (unpaired) electrons. The predicted molar refractivity (Wildman–Crippen MR) is 240 cm³/mol. The summed E-state index contributed by atoms with van der Waals surface area (Å²) in [4.78, 5) is 21.0. The molecule has 0 N–H and O–H groups in total. The summed E-state index contributed by atoms with van der Waals surface area (Å²) in [5.41, 5.74) is 15.8. The first-order valence-electron chi connectivity index (χ1n) is 20.3. The maximum absolute atomic E-state index is 6.26. The fourth-order valence-electron chi connectivity index (χ4n) is 10.1. The molecule has 5 nitrogen and oxygen atoms in total. The standard InChI is InChI=1S/C55H32N4O/c1-2-15-34(16-3-1)52-57-53(59-54(58-52)42-23-14-28-47-48(42)41-22-9-13-27-46(41)60-47)35-31-29-33(30-32-35)50-39-20-5-4-19-38(39)49-51(56-50)40-21-8-12-26-45(40)55(49)43-24-10-6-17-36(43)37-18-7-11-25-44(37)55/h1-32H. The van der Waals surface area contributed by atoms with Gasteiger partial charge in [0.25, 0.3) is 0 Å². The lowest BCUT2D eigenvalue weighted by atomic mass is 9.69. The van der Waals surface area contributed by atoms with E-state index in [0.29, 0.717) is 17.5 Å². The van der Waals surface area contributed by atoms with E-state index >= 15 is 0 Å². The molecule has 13 rings (SSSR count). The highest BCUT2D eigenvalue weighted by Crippen LogP contribution is 2.64. The number of benzene rings is 8. The van der Waals surface area contributed by atoms with Crippen LogP contribution in [0.25, 0.3) is 101 Å². The Hall–Kier alpha value is -8.02. The van der Waals surface area contributed by atoms with Crippen molar-refractivity contribution in [3.05, 3.63) is 216 Å². The molecule has 0 atom stereocenters. The zero-order valence-electron chi connectivity index (χ0n) is 32.2. The number of pyridine rings is 1. The highest BCUT2D eigenvalue weighted by molar-refractivity contribution is 6.12. The number of para-hydroxylation sites is 1. The van der Waals surface area contributed by atoms with Crippen molar-refractivity contribution in [1.29, 1.82) is 0 Å². The molecule has 0 saturated heterocycles. The quantitative estimate of drug-likeness (QED) is 0.179. The van der Waals surface area contributed by atoms with Crippen LogP contribution in [0, 0.1) is 0 Å². The summed E-state index contributed by atoms with van der Waals surface area (Å²) < 4.78 is 6.26. The first kappa shape index (κ1) is 33.0. The lowest BCUT2D eigenvalue weighted by Crippen LogP contribution is -2.26. The molecule has 3 aromatic heterocycles. The Morgan fingerprint density at radius 2 is 0.817 bits per heavy atom. The molecule has 60 heavy (non-hydrogen) atoms. The summed E-state index contributed by atoms with van der Waals surface area (Å²) in [5, 5.41) is 4.34. The third kappa shape index (κ3) is 4.51. The van der Waals surface area contributed by atoms with Crippen LogP contribution in [-0.4, -0.2) is 19.9 Å². The van der Waals surface area contributed by atoms with Crippen molar-refractivity contribution in [3.63, 3.8) is 0 Å². The average molecular weight is 765 g/mol. The number of hydrogen-bond donors (Lipinski definition) is 0. The second-order valence-electron chi connectivity index (χ2n) is 15.6. The zero-order chi connectivity index (χ0) is 39.4. The Balaban J connectivity index is 0.994. The Bertz CT molecular complexity index is 3510. The molecule has 8 aromatic carbocycles. The molecule has 2 aliphatic carbocycles. The van der Waals surface area contributed by atoms with E-state index in [1.165, 1.54) is 44.3 Å². The fraction of sp³-hybridized carbons (Fsp3) is 0.0182. The molecule has 0 amide bonds. The summed E-state index contributed by atoms with van der Waals surface area (Å²) in [6.07, 6.45) is 0. The topological polar surface area (TPSA) is 64.7 Å². The van der Waals surface area contributed by atoms with Gasteiger partial charge in [-0.1, -0.05) is 182 Å². The van der Waals surface area contributed by atoms with E-state index in [-0.39, 0.29) is 0 Å². The van der Waals surface area contributed by atoms with Crippen molar-refractivity contribution in [2.75, 3.05) is 0 Å². The third-order valence-electron chi connectivity index (χ3n) is 12.6. The average Bonchev–Trinajstić information content (AvgIpc) is 3.96. The van der Waals surface area contributed by atoms with Gasteiger partial charge in [0.05, 0.1) is 16.8 Å². The van der Waals surface area contributed by atoms with Crippen molar-refractivity contribution in [1.82, 2.24) is 19.9 Å². The molecule has 0 saturated carbocycles. The smallest absolute Gasteiger partial charge is 0.164 e. The molecular weight excluding hydrogens is 733 g/mol. The second-order valence-corrected chi connectivity index (χ2v) is 15.6. The number of rotatable bonds is 4. The lowest BCUT2D eigenvalue weighted by Gasteiger charge is -2.31. The largest absolute Gasteiger partial charge is 0.456 e. The summed E-state index contributed by atoms with van der Waals surface area (Å²) in [5.74, 6) is 1.80. The van der Waals surface area contributed by atoms with E-state index in [4.69, 9.17) is 24.4 Å². The van der Waals surface area contributed by atoms with E-state index in [2.05, 4.69) is 133 Å². The molecule has 0 aliphatic heterocycles. The SMILES string of the molecule is c1ccc(-c2nc(-c3ccc(-c4nc5c(c6ccccc46)C4(c6ccccc6-c6ccccc64)c4ccccc4-5)cc3)nc(-c3cccc4oc5ccccc5c34)n2)cc1.